The second-order valence-electron chi connectivity index (χ2n) is 2.85. The Morgan fingerprint density at radius 2 is 2.00 bits per heavy atom. The highest BCUT2D eigenvalue weighted by atomic mass is 16.1. The SMILES string of the molecule is CNc1ccc(-c2n[nH]c(=O)[nH]2)cc1. The Labute approximate surface area is 80.2 Å². The zero-order valence-electron chi connectivity index (χ0n) is 7.66. The second-order valence-corrected chi connectivity index (χ2v) is 2.85. The predicted octanol–water partition coefficient (Wildman–Crippen LogP) is 0.807. The molecule has 5 nitrogen and oxygen atoms in total. The largest absolute Gasteiger partial charge is 0.388 e. The summed E-state index contributed by atoms with van der Waals surface area (Å²) < 4.78 is 0. The normalized spacial score (nSPS) is 10.1. The smallest absolute Gasteiger partial charge is 0.340 e. The molecule has 1 aromatic heterocycles. The van der Waals surface area contributed by atoms with Crippen LogP contribution in [0, 0.1) is 0 Å². The van der Waals surface area contributed by atoms with Crippen LogP contribution in [0.25, 0.3) is 11.4 Å². The van der Waals surface area contributed by atoms with Crippen LogP contribution in [0.4, 0.5) is 5.69 Å². The van der Waals surface area contributed by atoms with Crippen LogP contribution in [0.5, 0.6) is 0 Å². The van der Waals surface area contributed by atoms with Gasteiger partial charge in [0.2, 0.25) is 0 Å². The van der Waals surface area contributed by atoms with Gasteiger partial charge in [-0.2, -0.15) is 5.10 Å². The fourth-order valence-electron chi connectivity index (χ4n) is 1.20. The third kappa shape index (κ3) is 1.52. The molecule has 1 aromatic carbocycles. The molecule has 0 amide bonds. The zero-order chi connectivity index (χ0) is 9.97. The van der Waals surface area contributed by atoms with Gasteiger partial charge in [0.1, 0.15) is 0 Å². The van der Waals surface area contributed by atoms with E-state index in [0.717, 1.165) is 11.3 Å². The Morgan fingerprint density at radius 3 is 2.50 bits per heavy atom. The summed E-state index contributed by atoms with van der Waals surface area (Å²) >= 11 is 0. The molecule has 0 aliphatic rings. The van der Waals surface area contributed by atoms with Crippen molar-refractivity contribution < 1.29 is 0 Å². The number of nitrogens with zero attached hydrogens (tertiary/aromatic N) is 1. The lowest BCUT2D eigenvalue weighted by atomic mass is 10.2. The molecule has 2 rings (SSSR count). The fraction of sp³-hybridized carbons (Fsp3) is 0.111. The molecule has 0 unspecified atom stereocenters. The molecule has 0 spiro atoms. The average Bonchev–Trinajstić information content (AvgIpc) is 2.65. The average molecular weight is 190 g/mol. The van der Waals surface area contributed by atoms with Crippen LogP contribution < -0.4 is 11.0 Å². The van der Waals surface area contributed by atoms with Crippen molar-refractivity contribution in [2.24, 2.45) is 0 Å². The van der Waals surface area contributed by atoms with E-state index in [2.05, 4.69) is 20.5 Å². The molecule has 3 N–H and O–H groups in total. The van der Waals surface area contributed by atoms with E-state index in [1.54, 1.807) is 0 Å². The van der Waals surface area contributed by atoms with E-state index in [4.69, 9.17) is 0 Å². The highest BCUT2D eigenvalue weighted by molar-refractivity contribution is 5.58. The third-order valence-electron chi connectivity index (χ3n) is 1.95. The van der Waals surface area contributed by atoms with Gasteiger partial charge in [0.05, 0.1) is 0 Å². The van der Waals surface area contributed by atoms with Gasteiger partial charge in [-0.25, -0.2) is 9.89 Å². The van der Waals surface area contributed by atoms with Gasteiger partial charge >= 0.3 is 5.69 Å². The number of benzene rings is 1. The van der Waals surface area contributed by atoms with E-state index in [-0.39, 0.29) is 5.69 Å². The van der Waals surface area contributed by atoms with Crippen molar-refractivity contribution in [3.8, 4) is 11.4 Å². The maximum absolute atomic E-state index is 10.8. The van der Waals surface area contributed by atoms with Gasteiger partial charge in [0, 0.05) is 18.3 Å². The van der Waals surface area contributed by atoms with Gasteiger partial charge in [-0.1, -0.05) is 0 Å². The van der Waals surface area contributed by atoms with Crippen LogP contribution in [-0.4, -0.2) is 22.2 Å². The maximum atomic E-state index is 10.8. The lowest BCUT2D eigenvalue weighted by molar-refractivity contribution is 1.05. The first kappa shape index (κ1) is 8.55. The first-order valence-corrected chi connectivity index (χ1v) is 4.22. The van der Waals surface area contributed by atoms with Gasteiger partial charge < -0.3 is 5.32 Å². The molecule has 0 saturated carbocycles. The van der Waals surface area contributed by atoms with Gasteiger partial charge in [-0.3, -0.25) is 4.98 Å². The number of aromatic nitrogens is 3. The first-order valence-electron chi connectivity index (χ1n) is 4.22. The van der Waals surface area contributed by atoms with E-state index >= 15 is 0 Å². The molecule has 0 saturated heterocycles. The predicted molar refractivity (Wildman–Crippen MR) is 54.2 cm³/mol. The van der Waals surface area contributed by atoms with Gasteiger partial charge in [-0.15, -0.1) is 0 Å². The number of anilines is 1. The minimum atomic E-state index is -0.294. The Morgan fingerprint density at radius 1 is 1.29 bits per heavy atom. The zero-order valence-corrected chi connectivity index (χ0v) is 7.66. The summed E-state index contributed by atoms with van der Waals surface area (Å²) in [7, 11) is 1.85. The quantitative estimate of drug-likeness (QED) is 0.656. The van der Waals surface area contributed by atoms with Crippen molar-refractivity contribution in [3.63, 3.8) is 0 Å². The van der Waals surface area contributed by atoms with E-state index in [0.29, 0.717) is 5.82 Å². The van der Waals surface area contributed by atoms with Gasteiger partial charge in [-0.05, 0) is 24.3 Å². The van der Waals surface area contributed by atoms with Crippen molar-refractivity contribution in [2.75, 3.05) is 12.4 Å². The minimum absolute atomic E-state index is 0.294. The van der Waals surface area contributed by atoms with Crippen LogP contribution in [0.15, 0.2) is 29.1 Å². The molecule has 0 aliphatic heterocycles. The topological polar surface area (TPSA) is 73.6 Å². The Bertz CT molecular complexity index is 468. The standard InChI is InChI=1S/C9H10N4O/c1-10-7-4-2-6(3-5-7)8-11-9(14)13-12-8/h2-5,10H,1H3,(H2,11,12,13,14). The highest BCUT2D eigenvalue weighted by Crippen LogP contribution is 2.15. The van der Waals surface area contributed by atoms with Crippen LogP contribution in [0.2, 0.25) is 0 Å². The molecule has 0 aliphatic carbocycles. The molecule has 0 fully saturated rings. The van der Waals surface area contributed by atoms with Crippen molar-refractivity contribution in [1.29, 1.82) is 0 Å². The number of nitrogens with one attached hydrogen (secondary N) is 3. The van der Waals surface area contributed by atoms with Crippen molar-refractivity contribution >= 4 is 5.69 Å². The Kier molecular flexibility index (Phi) is 2.06. The van der Waals surface area contributed by atoms with E-state index < -0.39 is 0 Å². The summed E-state index contributed by atoms with van der Waals surface area (Å²) in [6.45, 7) is 0. The third-order valence-corrected chi connectivity index (χ3v) is 1.95. The summed E-state index contributed by atoms with van der Waals surface area (Å²) in [5.41, 5.74) is 1.60. The first-order chi connectivity index (χ1) is 6.79. The summed E-state index contributed by atoms with van der Waals surface area (Å²) in [6.07, 6.45) is 0. The molecule has 72 valence electrons. The minimum Gasteiger partial charge on any atom is -0.388 e. The van der Waals surface area contributed by atoms with E-state index in [9.17, 15) is 4.79 Å². The number of H-pyrrole nitrogens is 2. The molecule has 2 aromatic rings. The lowest BCUT2D eigenvalue weighted by Crippen LogP contribution is -2.00. The Balaban J connectivity index is 2.38. The number of hydrogen-bond donors (Lipinski definition) is 3. The Hall–Kier alpha value is -2.04. The van der Waals surface area contributed by atoms with Crippen LogP contribution >= 0.6 is 0 Å². The van der Waals surface area contributed by atoms with Crippen molar-refractivity contribution in [3.05, 3.63) is 34.7 Å². The monoisotopic (exact) mass is 190 g/mol. The molecule has 5 heteroatoms. The molecule has 1 heterocycles. The summed E-state index contributed by atoms with van der Waals surface area (Å²) in [5, 5.41) is 9.16. The number of rotatable bonds is 2. The van der Waals surface area contributed by atoms with Crippen LogP contribution in [0.3, 0.4) is 0 Å². The number of hydrogen-bond acceptors (Lipinski definition) is 3. The molecule has 14 heavy (non-hydrogen) atoms. The molecule has 0 bridgehead atoms. The highest BCUT2D eigenvalue weighted by Gasteiger charge is 2.00. The van der Waals surface area contributed by atoms with Crippen molar-refractivity contribution in [2.45, 2.75) is 0 Å². The number of aromatic amines is 2. The van der Waals surface area contributed by atoms with Gasteiger partial charge in [0.25, 0.3) is 0 Å². The fourth-order valence-corrected chi connectivity index (χ4v) is 1.20. The molecular formula is C9H10N4O. The maximum Gasteiger partial charge on any atom is 0.340 e. The second kappa shape index (κ2) is 3.37. The van der Waals surface area contributed by atoms with Crippen molar-refractivity contribution in [1.82, 2.24) is 15.2 Å². The summed E-state index contributed by atoms with van der Waals surface area (Å²) in [5.74, 6) is 0.553. The summed E-state index contributed by atoms with van der Waals surface area (Å²) in [6, 6.07) is 7.61. The lowest BCUT2D eigenvalue weighted by Gasteiger charge is -1.99. The van der Waals surface area contributed by atoms with E-state index in [1.165, 1.54) is 0 Å². The van der Waals surface area contributed by atoms with Crippen LogP contribution in [0.1, 0.15) is 0 Å². The molecule has 0 atom stereocenters. The van der Waals surface area contributed by atoms with Gasteiger partial charge in [0.15, 0.2) is 5.82 Å². The van der Waals surface area contributed by atoms with E-state index in [1.807, 2.05) is 31.3 Å². The molecular weight excluding hydrogens is 180 g/mol. The molecule has 0 radical (unpaired) electrons. The summed E-state index contributed by atoms with van der Waals surface area (Å²) in [4.78, 5) is 13.4. The van der Waals surface area contributed by atoms with Crippen LogP contribution in [-0.2, 0) is 0 Å².